The van der Waals surface area contributed by atoms with E-state index >= 15 is 0 Å². The molecule has 1 unspecified atom stereocenters. The van der Waals surface area contributed by atoms with Crippen molar-refractivity contribution >= 4 is 17.1 Å². The molecule has 8 aromatic carbocycles. The fraction of sp³-hybridized carbons (Fsp3) is 0.186. The van der Waals surface area contributed by atoms with Crippen molar-refractivity contribution in [3.05, 3.63) is 232 Å². The van der Waals surface area contributed by atoms with Gasteiger partial charge in [-0.25, -0.2) is 0 Å². The molecular weight excluding hydrogens is 723 g/mol. The van der Waals surface area contributed by atoms with Crippen molar-refractivity contribution in [1.29, 1.82) is 0 Å². The van der Waals surface area contributed by atoms with Crippen LogP contribution in [-0.4, -0.2) is 0 Å². The molecule has 0 saturated heterocycles. The highest BCUT2D eigenvalue weighted by molar-refractivity contribution is 5.93. The Morgan fingerprint density at radius 1 is 0.367 bits per heavy atom. The van der Waals surface area contributed by atoms with E-state index in [1.807, 2.05) is 0 Å². The summed E-state index contributed by atoms with van der Waals surface area (Å²) in [5, 5.41) is 0. The molecule has 0 aromatic heterocycles. The molecule has 60 heavy (non-hydrogen) atoms. The van der Waals surface area contributed by atoms with Gasteiger partial charge in [-0.1, -0.05) is 200 Å². The molecule has 0 bridgehead atoms. The minimum Gasteiger partial charge on any atom is -0.310 e. The molecule has 0 saturated carbocycles. The molecule has 1 heteroatoms. The summed E-state index contributed by atoms with van der Waals surface area (Å²) in [5.41, 5.74) is 22.8. The lowest BCUT2D eigenvalue weighted by Gasteiger charge is -2.47. The highest BCUT2D eigenvalue weighted by Gasteiger charge is 2.54. The Labute approximate surface area is 356 Å². The van der Waals surface area contributed by atoms with Crippen LogP contribution >= 0.6 is 0 Å². The number of para-hydroxylation sites is 1. The number of fused-ring (bicyclic) bond motifs is 12. The molecule has 0 N–H and O–H groups in total. The normalized spacial score (nSPS) is 17.2. The van der Waals surface area contributed by atoms with Crippen molar-refractivity contribution in [2.24, 2.45) is 0 Å². The molecule has 3 aliphatic rings. The Kier molecular flexibility index (Phi) is 7.80. The summed E-state index contributed by atoms with van der Waals surface area (Å²) < 4.78 is 0. The third-order valence-electron chi connectivity index (χ3n) is 14.3. The minimum absolute atomic E-state index is 0.0252. The Hall–Kier alpha value is -6.44. The van der Waals surface area contributed by atoms with Crippen LogP contribution in [-0.2, 0) is 21.7 Å². The molecule has 0 aliphatic heterocycles. The summed E-state index contributed by atoms with van der Waals surface area (Å²) in [6.07, 6.45) is 0. The maximum atomic E-state index is 2.54. The maximum absolute atomic E-state index is 2.54. The van der Waals surface area contributed by atoms with Crippen LogP contribution in [0.1, 0.15) is 98.5 Å². The van der Waals surface area contributed by atoms with Gasteiger partial charge in [-0.3, -0.25) is 0 Å². The molecule has 11 rings (SSSR count). The maximum Gasteiger partial charge on any atom is 0.0719 e. The first-order valence-corrected chi connectivity index (χ1v) is 21.6. The van der Waals surface area contributed by atoms with Crippen molar-refractivity contribution in [2.75, 3.05) is 4.90 Å². The number of rotatable bonds is 4. The summed E-state index contributed by atoms with van der Waals surface area (Å²) in [4.78, 5) is 2.53. The molecule has 3 aliphatic carbocycles. The molecular formula is C59H51N. The average molecular weight is 774 g/mol. The van der Waals surface area contributed by atoms with Gasteiger partial charge in [0.25, 0.3) is 0 Å². The van der Waals surface area contributed by atoms with Crippen molar-refractivity contribution in [3.63, 3.8) is 0 Å². The quantitative estimate of drug-likeness (QED) is 0.172. The lowest BCUT2D eigenvalue weighted by molar-refractivity contribution is 0.561. The lowest BCUT2D eigenvalue weighted by Crippen LogP contribution is -2.40. The highest BCUT2D eigenvalue weighted by Crippen LogP contribution is 2.64. The second-order valence-electron chi connectivity index (χ2n) is 19.3. The third-order valence-corrected chi connectivity index (χ3v) is 14.3. The minimum atomic E-state index is -0.469. The van der Waals surface area contributed by atoms with E-state index in [1.165, 1.54) is 83.5 Å². The van der Waals surface area contributed by atoms with Crippen molar-refractivity contribution in [2.45, 2.75) is 70.1 Å². The summed E-state index contributed by atoms with van der Waals surface area (Å²) in [5.74, 6) is 0. The molecule has 1 spiro atoms. The Morgan fingerprint density at radius 2 is 0.883 bits per heavy atom. The fourth-order valence-corrected chi connectivity index (χ4v) is 11.5. The fourth-order valence-electron chi connectivity index (χ4n) is 11.5. The van der Waals surface area contributed by atoms with Gasteiger partial charge in [0.05, 0.1) is 11.1 Å². The Balaban J connectivity index is 1.20. The zero-order valence-electron chi connectivity index (χ0n) is 35.8. The van der Waals surface area contributed by atoms with E-state index in [4.69, 9.17) is 0 Å². The lowest BCUT2D eigenvalue weighted by atomic mass is 9.55. The van der Waals surface area contributed by atoms with Gasteiger partial charge >= 0.3 is 0 Å². The first kappa shape index (κ1) is 36.6. The van der Waals surface area contributed by atoms with Crippen LogP contribution in [0.2, 0.25) is 0 Å². The van der Waals surface area contributed by atoms with Crippen LogP contribution in [0.5, 0.6) is 0 Å². The van der Waals surface area contributed by atoms with E-state index in [2.05, 4.69) is 235 Å². The smallest absolute Gasteiger partial charge is 0.0719 e. The zero-order chi connectivity index (χ0) is 41.2. The van der Waals surface area contributed by atoms with Gasteiger partial charge in [-0.2, -0.15) is 0 Å². The number of hydrogen-bond donors (Lipinski definition) is 0. The van der Waals surface area contributed by atoms with Crippen LogP contribution in [0.3, 0.4) is 0 Å². The van der Waals surface area contributed by atoms with Gasteiger partial charge in [0.15, 0.2) is 0 Å². The van der Waals surface area contributed by atoms with Crippen molar-refractivity contribution in [3.8, 4) is 33.4 Å². The van der Waals surface area contributed by atoms with Crippen molar-refractivity contribution < 1.29 is 0 Å². The number of anilines is 3. The van der Waals surface area contributed by atoms with Gasteiger partial charge in [-0.05, 0) is 114 Å². The molecule has 0 heterocycles. The highest BCUT2D eigenvalue weighted by atomic mass is 15.1. The molecule has 0 fully saturated rings. The number of nitrogens with zero attached hydrogens (tertiary/aromatic N) is 1. The number of benzene rings is 8. The largest absolute Gasteiger partial charge is 0.310 e. The summed E-state index contributed by atoms with van der Waals surface area (Å²) in [6, 6.07) is 69.0. The van der Waals surface area contributed by atoms with E-state index in [1.54, 1.807) is 0 Å². The molecule has 1 atom stereocenters. The predicted molar refractivity (Wildman–Crippen MR) is 252 cm³/mol. The topological polar surface area (TPSA) is 3.24 Å². The van der Waals surface area contributed by atoms with Crippen LogP contribution in [0.4, 0.5) is 17.1 Å². The molecule has 0 radical (unpaired) electrons. The van der Waals surface area contributed by atoms with Gasteiger partial charge in [0, 0.05) is 27.8 Å². The average Bonchev–Trinajstić information content (AvgIpc) is 3.69. The molecule has 0 amide bonds. The predicted octanol–water partition coefficient (Wildman–Crippen LogP) is 15.4. The van der Waals surface area contributed by atoms with Gasteiger partial charge < -0.3 is 4.90 Å². The van der Waals surface area contributed by atoms with E-state index < -0.39 is 5.41 Å². The first-order chi connectivity index (χ1) is 28.9. The zero-order valence-corrected chi connectivity index (χ0v) is 35.8. The summed E-state index contributed by atoms with van der Waals surface area (Å²) in [7, 11) is 0. The third kappa shape index (κ3) is 4.93. The van der Waals surface area contributed by atoms with E-state index in [0.717, 1.165) is 17.1 Å². The monoisotopic (exact) mass is 773 g/mol. The van der Waals surface area contributed by atoms with Crippen LogP contribution < -0.4 is 4.90 Å². The Morgan fingerprint density at radius 3 is 1.62 bits per heavy atom. The Bertz CT molecular complexity index is 3030. The van der Waals surface area contributed by atoms with Crippen LogP contribution in [0.15, 0.2) is 182 Å². The SMILES string of the molecule is CC(C)(C)c1cccc2c1-c1ccccc1C21c2ccccc2C(C)(C)c2cc(N(c3ccc4c(c3)C(C)(C)c3ccccc3-4)c3ccccc3-c3ccccc3)ccc21. The second-order valence-corrected chi connectivity index (χ2v) is 19.3. The first-order valence-electron chi connectivity index (χ1n) is 21.6. The van der Waals surface area contributed by atoms with E-state index in [9.17, 15) is 0 Å². The van der Waals surface area contributed by atoms with Crippen LogP contribution in [0, 0.1) is 0 Å². The van der Waals surface area contributed by atoms with E-state index in [-0.39, 0.29) is 16.2 Å². The standard InChI is InChI=1S/C59H51N/c1-56(2,3)50-29-19-30-51-55(50)44-24-12-15-26-46(44)59(51)48-28-17-16-27-47(48)58(6,7)53-37-40(33-35-49(53)59)60(54-31-18-13-22-41(54)38-20-9-8-10-21-38)39-32-34-43-42-23-11-14-25-45(42)57(4,5)52(43)36-39/h8-37H,1-7H3. The van der Waals surface area contributed by atoms with E-state index in [0.29, 0.717) is 0 Å². The summed E-state index contributed by atoms with van der Waals surface area (Å²) in [6.45, 7) is 16.7. The van der Waals surface area contributed by atoms with Crippen molar-refractivity contribution in [1.82, 2.24) is 0 Å². The number of hydrogen-bond acceptors (Lipinski definition) is 1. The molecule has 292 valence electrons. The second kappa shape index (κ2) is 12.8. The summed E-state index contributed by atoms with van der Waals surface area (Å²) >= 11 is 0. The van der Waals surface area contributed by atoms with Crippen LogP contribution in [0.25, 0.3) is 33.4 Å². The van der Waals surface area contributed by atoms with Gasteiger partial charge in [0.2, 0.25) is 0 Å². The molecule has 1 nitrogen and oxygen atoms in total. The van der Waals surface area contributed by atoms with Gasteiger partial charge in [-0.15, -0.1) is 0 Å². The molecule has 8 aromatic rings. The van der Waals surface area contributed by atoms with Gasteiger partial charge in [0.1, 0.15) is 0 Å².